The summed E-state index contributed by atoms with van der Waals surface area (Å²) in [4.78, 5) is 16.8. The number of fused-ring (bicyclic) bond motifs is 2. The van der Waals surface area contributed by atoms with Crippen LogP contribution in [0.4, 0.5) is 0 Å². The number of aromatic amines is 2. The molecule has 0 fully saturated rings. The molecule has 0 saturated heterocycles. The highest BCUT2D eigenvalue weighted by atomic mass is 16.3. The number of imidazole rings is 1. The third-order valence-electron chi connectivity index (χ3n) is 5.55. The standard InChI is InChI=1S/C22H17N7O/c1-12-24-10-19(29(12)2)14-7-17-20(27-28-22(17)25-9-14)18-8-16-15(13-4-6-30-11-13)3-5-23-21(16)26-18/h3-11H,1-2H3,(H,23,26)(H,25,27,28). The van der Waals surface area contributed by atoms with E-state index in [9.17, 15) is 0 Å². The second-order valence-electron chi connectivity index (χ2n) is 7.26. The van der Waals surface area contributed by atoms with E-state index in [0.29, 0.717) is 0 Å². The van der Waals surface area contributed by atoms with Gasteiger partial charge in [0.05, 0.1) is 30.1 Å². The van der Waals surface area contributed by atoms with Crippen LogP contribution in [0.25, 0.3) is 55.8 Å². The van der Waals surface area contributed by atoms with E-state index in [1.807, 2.05) is 43.1 Å². The molecule has 0 aromatic carbocycles. The molecule has 0 amide bonds. The number of aryl methyl sites for hydroxylation is 1. The minimum Gasteiger partial charge on any atom is -0.472 e. The minimum absolute atomic E-state index is 0.731. The van der Waals surface area contributed by atoms with Gasteiger partial charge >= 0.3 is 0 Å². The average Bonchev–Trinajstić information content (AvgIpc) is 3.54. The molecule has 0 aliphatic rings. The van der Waals surface area contributed by atoms with Crippen LogP contribution in [0.1, 0.15) is 5.82 Å². The van der Waals surface area contributed by atoms with E-state index in [1.165, 1.54) is 0 Å². The van der Waals surface area contributed by atoms with Gasteiger partial charge in [-0.2, -0.15) is 5.10 Å². The molecule has 0 aliphatic heterocycles. The SMILES string of the molecule is Cc1ncc(-c2cnc3[nH]nc(-c4cc5c(-c6ccoc6)ccnc5[nH]4)c3c2)n1C. The summed E-state index contributed by atoms with van der Waals surface area (Å²) in [7, 11) is 2.00. The van der Waals surface area contributed by atoms with Gasteiger partial charge in [0.15, 0.2) is 5.65 Å². The Balaban J connectivity index is 1.53. The first-order valence-corrected chi connectivity index (χ1v) is 9.52. The van der Waals surface area contributed by atoms with Crippen molar-refractivity contribution in [3.05, 3.63) is 61.2 Å². The maximum atomic E-state index is 5.26. The zero-order chi connectivity index (χ0) is 20.2. The fourth-order valence-electron chi connectivity index (χ4n) is 3.84. The van der Waals surface area contributed by atoms with Crippen molar-refractivity contribution < 1.29 is 4.42 Å². The number of nitrogens with zero attached hydrogens (tertiary/aromatic N) is 5. The lowest BCUT2D eigenvalue weighted by molar-refractivity contribution is 0.568. The number of aromatic nitrogens is 7. The first-order chi connectivity index (χ1) is 14.7. The summed E-state index contributed by atoms with van der Waals surface area (Å²) in [6.07, 6.45) is 8.89. The van der Waals surface area contributed by atoms with Crippen molar-refractivity contribution in [1.82, 2.24) is 34.7 Å². The van der Waals surface area contributed by atoms with Crippen LogP contribution in [0.3, 0.4) is 0 Å². The number of furan rings is 1. The van der Waals surface area contributed by atoms with Crippen LogP contribution in [0, 0.1) is 6.92 Å². The predicted octanol–water partition coefficient (Wildman–Crippen LogP) is 4.47. The van der Waals surface area contributed by atoms with E-state index in [2.05, 4.69) is 42.3 Å². The molecular formula is C22H17N7O. The first kappa shape index (κ1) is 16.7. The van der Waals surface area contributed by atoms with Crippen molar-refractivity contribution in [2.45, 2.75) is 6.92 Å². The molecule has 8 heteroatoms. The molecule has 0 aliphatic carbocycles. The number of hydrogen-bond donors (Lipinski definition) is 2. The van der Waals surface area contributed by atoms with Crippen molar-refractivity contribution in [3.63, 3.8) is 0 Å². The lowest BCUT2D eigenvalue weighted by atomic mass is 10.1. The molecule has 0 saturated carbocycles. The van der Waals surface area contributed by atoms with E-state index >= 15 is 0 Å². The zero-order valence-electron chi connectivity index (χ0n) is 16.3. The Bertz CT molecular complexity index is 1520. The molecule has 0 bridgehead atoms. The third-order valence-corrected chi connectivity index (χ3v) is 5.55. The van der Waals surface area contributed by atoms with Gasteiger partial charge in [-0.15, -0.1) is 0 Å². The van der Waals surface area contributed by atoms with Crippen LogP contribution < -0.4 is 0 Å². The van der Waals surface area contributed by atoms with Gasteiger partial charge in [0.1, 0.15) is 17.2 Å². The largest absolute Gasteiger partial charge is 0.472 e. The highest BCUT2D eigenvalue weighted by molar-refractivity contribution is 5.99. The molecule has 8 nitrogen and oxygen atoms in total. The normalized spacial score (nSPS) is 11.7. The van der Waals surface area contributed by atoms with Crippen LogP contribution >= 0.6 is 0 Å². The Kier molecular flexibility index (Phi) is 3.43. The first-order valence-electron chi connectivity index (χ1n) is 9.52. The van der Waals surface area contributed by atoms with Gasteiger partial charge in [0.2, 0.25) is 0 Å². The number of H-pyrrole nitrogens is 2. The molecule has 6 aromatic rings. The highest BCUT2D eigenvalue weighted by Crippen LogP contribution is 2.34. The van der Waals surface area contributed by atoms with E-state index in [1.54, 1.807) is 18.7 Å². The minimum atomic E-state index is 0.731. The van der Waals surface area contributed by atoms with Crippen LogP contribution in [0.2, 0.25) is 0 Å². The molecule has 0 spiro atoms. The molecule has 0 radical (unpaired) electrons. The second kappa shape index (κ2) is 6.15. The summed E-state index contributed by atoms with van der Waals surface area (Å²) >= 11 is 0. The van der Waals surface area contributed by atoms with E-state index in [4.69, 9.17) is 4.42 Å². The van der Waals surface area contributed by atoms with Gasteiger partial charge < -0.3 is 14.0 Å². The van der Waals surface area contributed by atoms with Crippen molar-refractivity contribution in [1.29, 1.82) is 0 Å². The Morgan fingerprint density at radius 2 is 1.90 bits per heavy atom. The van der Waals surface area contributed by atoms with E-state index in [-0.39, 0.29) is 0 Å². The summed E-state index contributed by atoms with van der Waals surface area (Å²) in [5, 5.41) is 9.50. The van der Waals surface area contributed by atoms with Crippen LogP contribution in [-0.2, 0) is 7.05 Å². The molecule has 0 unspecified atom stereocenters. The summed E-state index contributed by atoms with van der Waals surface area (Å²) in [5.41, 5.74) is 7.27. The Hall–Kier alpha value is -4.20. The summed E-state index contributed by atoms with van der Waals surface area (Å²) in [5.74, 6) is 0.950. The summed E-state index contributed by atoms with van der Waals surface area (Å²) in [6, 6.07) is 8.09. The van der Waals surface area contributed by atoms with E-state index < -0.39 is 0 Å². The number of hydrogen-bond acceptors (Lipinski definition) is 5. The maximum Gasteiger partial charge on any atom is 0.155 e. The fourth-order valence-corrected chi connectivity index (χ4v) is 3.84. The zero-order valence-corrected chi connectivity index (χ0v) is 16.3. The number of nitrogens with one attached hydrogen (secondary N) is 2. The van der Waals surface area contributed by atoms with Crippen molar-refractivity contribution in [2.75, 3.05) is 0 Å². The molecule has 30 heavy (non-hydrogen) atoms. The Morgan fingerprint density at radius 3 is 2.70 bits per heavy atom. The van der Waals surface area contributed by atoms with Gasteiger partial charge in [-0.1, -0.05) is 0 Å². The van der Waals surface area contributed by atoms with Gasteiger partial charge in [0, 0.05) is 41.3 Å². The van der Waals surface area contributed by atoms with Gasteiger partial charge in [-0.25, -0.2) is 15.0 Å². The van der Waals surface area contributed by atoms with Crippen LogP contribution in [0.5, 0.6) is 0 Å². The molecule has 2 N–H and O–H groups in total. The fraction of sp³-hybridized carbons (Fsp3) is 0.0909. The predicted molar refractivity (Wildman–Crippen MR) is 114 cm³/mol. The average molecular weight is 395 g/mol. The molecule has 6 aromatic heterocycles. The Morgan fingerprint density at radius 1 is 0.967 bits per heavy atom. The van der Waals surface area contributed by atoms with Crippen LogP contribution in [0.15, 0.2) is 59.8 Å². The van der Waals surface area contributed by atoms with Gasteiger partial charge in [-0.3, -0.25) is 5.10 Å². The monoisotopic (exact) mass is 395 g/mol. The lowest BCUT2D eigenvalue weighted by Gasteiger charge is -2.04. The molecule has 146 valence electrons. The number of rotatable bonds is 3. The second-order valence-corrected chi connectivity index (χ2v) is 7.26. The third kappa shape index (κ3) is 2.40. The Labute approximate surface area is 170 Å². The van der Waals surface area contributed by atoms with Crippen molar-refractivity contribution in [2.24, 2.45) is 7.05 Å². The van der Waals surface area contributed by atoms with Crippen molar-refractivity contribution in [3.8, 4) is 33.8 Å². The smallest absolute Gasteiger partial charge is 0.155 e. The quantitative estimate of drug-likeness (QED) is 0.460. The number of pyridine rings is 2. The van der Waals surface area contributed by atoms with Crippen molar-refractivity contribution >= 4 is 22.1 Å². The lowest BCUT2D eigenvalue weighted by Crippen LogP contribution is -1.94. The molecule has 6 heterocycles. The maximum absolute atomic E-state index is 5.26. The van der Waals surface area contributed by atoms with E-state index in [0.717, 1.165) is 61.7 Å². The molecule has 0 atom stereocenters. The van der Waals surface area contributed by atoms with Crippen LogP contribution in [-0.4, -0.2) is 34.7 Å². The highest BCUT2D eigenvalue weighted by Gasteiger charge is 2.16. The molecular weight excluding hydrogens is 378 g/mol. The van der Waals surface area contributed by atoms with Gasteiger partial charge in [-0.05, 0) is 36.8 Å². The summed E-state index contributed by atoms with van der Waals surface area (Å²) < 4.78 is 7.31. The topological polar surface area (TPSA) is 101 Å². The summed E-state index contributed by atoms with van der Waals surface area (Å²) in [6.45, 7) is 1.98. The van der Waals surface area contributed by atoms with Gasteiger partial charge in [0.25, 0.3) is 0 Å². The molecule has 6 rings (SSSR count).